The van der Waals surface area contributed by atoms with Gasteiger partial charge in [-0.05, 0) is 28.4 Å². The summed E-state index contributed by atoms with van der Waals surface area (Å²) in [5, 5.41) is 7.31. The summed E-state index contributed by atoms with van der Waals surface area (Å²) in [6, 6.07) is 1.82. The summed E-state index contributed by atoms with van der Waals surface area (Å²) < 4.78 is 1.97. The number of hydrogen-bond acceptors (Lipinski definition) is 5. The molecule has 0 aliphatic rings. The fourth-order valence-corrected chi connectivity index (χ4v) is 2.11. The van der Waals surface area contributed by atoms with Crippen molar-refractivity contribution < 1.29 is 0 Å². The molecule has 0 radical (unpaired) electrons. The molecule has 2 aromatic heterocycles. The highest BCUT2D eigenvalue weighted by molar-refractivity contribution is 9.10. The van der Waals surface area contributed by atoms with E-state index in [0.717, 1.165) is 18.5 Å². The molecule has 0 aliphatic heterocycles. The molecular formula is C13H16BrN5O. The van der Waals surface area contributed by atoms with Crippen LogP contribution < -0.4 is 10.9 Å². The second-order valence-corrected chi connectivity index (χ2v) is 5.10. The Morgan fingerprint density at radius 1 is 1.45 bits per heavy atom. The van der Waals surface area contributed by atoms with Crippen molar-refractivity contribution in [2.24, 2.45) is 0 Å². The molecule has 1 N–H and O–H groups in total. The van der Waals surface area contributed by atoms with E-state index in [-0.39, 0.29) is 5.56 Å². The van der Waals surface area contributed by atoms with Crippen LogP contribution in [0.4, 0.5) is 5.69 Å². The Morgan fingerprint density at radius 2 is 2.30 bits per heavy atom. The van der Waals surface area contributed by atoms with E-state index in [0.29, 0.717) is 23.2 Å². The summed E-state index contributed by atoms with van der Waals surface area (Å²) in [6.45, 7) is 3.24. The molecule has 0 atom stereocenters. The van der Waals surface area contributed by atoms with Crippen molar-refractivity contribution in [1.82, 2.24) is 19.7 Å². The van der Waals surface area contributed by atoms with Crippen molar-refractivity contribution in [2.75, 3.05) is 5.32 Å². The lowest BCUT2D eigenvalue weighted by Crippen LogP contribution is -2.24. The Balaban J connectivity index is 2.09. The lowest BCUT2D eigenvalue weighted by atomic mass is 10.3. The van der Waals surface area contributed by atoms with E-state index >= 15 is 0 Å². The van der Waals surface area contributed by atoms with Gasteiger partial charge in [-0.3, -0.25) is 4.79 Å². The molecule has 0 saturated heterocycles. The quantitative estimate of drug-likeness (QED) is 0.874. The molecule has 6 nitrogen and oxygen atoms in total. The van der Waals surface area contributed by atoms with Crippen LogP contribution >= 0.6 is 15.9 Å². The minimum atomic E-state index is -0.119. The predicted octanol–water partition coefficient (Wildman–Crippen LogP) is 2.21. The van der Waals surface area contributed by atoms with Crippen LogP contribution in [0.25, 0.3) is 0 Å². The maximum atomic E-state index is 12.1. The van der Waals surface area contributed by atoms with Crippen LogP contribution in [0.3, 0.4) is 0 Å². The van der Waals surface area contributed by atoms with Gasteiger partial charge >= 0.3 is 0 Å². The van der Waals surface area contributed by atoms with E-state index in [9.17, 15) is 4.79 Å². The molecule has 20 heavy (non-hydrogen) atoms. The molecule has 0 aromatic carbocycles. The number of aryl methyl sites for hydroxylation is 1. The molecule has 106 valence electrons. The lowest BCUT2D eigenvalue weighted by molar-refractivity contribution is 0.541. The van der Waals surface area contributed by atoms with E-state index in [1.165, 1.54) is 11.0 Å². The molecule has 2 aromatic rings. The Hall–Kier alpha value is -1.76. The summed E-state index contributed by atoms with van der Waals surface area (Å²) >= 11 is 3.33. The first-order chi connectivity index (χ1) is 9.72. The third-order valence-electron chi connectivity index (χ3n) is 2.81. The third kappa shape index (κ3) is 3.63. The molecule has 0 spiro atoms. The van der Waals surface area contributed by atoms with Crippen LogP contribution in [-0.4, -0.2) is 19.7 Å². The molecule has 2 rings (SSSR count). The number of rotatable bonds is 6. The minimum absolute atomic E-state index is 0.119. The Kier molecular flexibility index (Phi) is 5.23. The highest BCUT2D eigenvalue weighted by Crippen LogP contribution is 2.16. The number of aromatic nitrogens is 4. The average molecular weight is 338 g/mol. The van der Waals surface area contributed by atoms with Crippen LogP contribution in [0.2, 0.25) is 0 Å². The molecular weight excluding hydrogens is 322 g/mol. The first kappa shape index (κ1) is 14.6. The smallest absolute Gasteiger partial charge is 0.283 e. The topological polar surface area (TPSA) is 72.7 Å². The molecule has 0 saturated carbocycles. The second kappa shape index (κ2) is 7.14. The first-order valence-electron chi connectivity index (χ1n) is 6.46. The fourth-order valence-electron chi connectivity index (χ4n) is 1.66. The van der Waals surface area contributed by atoms with E-state index in [2.05, 4.69) is 43.2 Å². The van der Waals surface area contributed by atoms with E-state index in [4.69, 9.17) is 0 Å². The minimum Gasteiger partial charge on any atom is -0.377 e. The van der Waals surface area contributed by atoms with Gasteiger partial charge in [0.2, 0.25) is 0 Å². The molecule has 7 heteroatoms. The first-order valence-corrected chi connectivity index (χ1v) is 7.26. The zero-order valence-corrected chi connectivity index (χ0v) is 12.8. The number of halogens is 1. The van der Waals surface area contributed by atoms with E-state index in [1.807, 2.05) is 6.07 Å². The Bertz CT molecular complexity index is 614. The van der Waals surface area contributed by atoms with Gasteiger partial charge in [0.1, 0.15) is 10.8 Å². The van der Waals surface area contributed by atoms with Crippen LogP contribution in [0.15, 0.2) is 34.1 Å². The molecule has 0 unspecified atom stereocenters. The highest BCUT2D eigenvalue weighted by Gasteiger charge is 2.08. The van der Waals surface area contributed by atoms with Gasteiger partial charge in [0.05, 0.1) is 24.1 Å². The lowest BCUT2D eigenvalue weighted by Gasteiger charge is -2.09. The Morgan fingerprint density at radius 3 is 3.00 bits per heavy atom. The number of nitrogens with zero attached hydrogens (tertiary/aromatic N) is 4. The van der Waals surface area contributed by atoms with Crippen molar-refractivity contribution in [3.05, 3.63) is 45.3 Å². The number of hydrogen-bond donors (Lipinski definition) is 1. The maximum Gasteiger partial charge on any atom is 0.283 e. The van der Waals surface area contributed by atoms with Gasteiger partial charge in [-0.2, -0.15) is 5.10 Å². The molecule has 0 amide bonds. The molecule has 2 heterocycles. The summed E-state index contributed by atoms with van der Waals surface area (Å²) in [6.07, 6.45) is 6.79. The average Bonchev–Trinajstić information content (AvgIpc) is 2.49. The van der Waals surface area contributed by atoms with Gasteiger partial charge < -0.3 is 5.32 Å². The number of anilines is 1. The molecule has 0 bridgehead atoms. The maximum absolute atomic E-state index is 12.1. The molecule has 0 aliphatic carbocycles. The summed E-state index contributed by atoms with van der Waals surface area (Å²) in [7, 11) is 0. The summed E-state index contributed by atoms with van der Waals surface area (Å²) in [5.41, 5.74) is 1.40. The van der Waals surface area contributed by atoms with Gasteiger partial charge in [-0.15, -0.1) is 0 Å². The van der Waals surface area contributed by atoms with Gasteiger partial charge in [0.15, 0.2) is 0 Å². The van der Waals surface area contributed by atoms with Crippen LogP contribution in [-0.2, 0) is 13.1 Å². The van der Waals surface area contributed by atoms with Crippen molar-refractivity contribution in [3.8, 4) is 0 Å². The normalized spacial score (nSPS) is 10.5. The van der Waals surface area contributed by atoms with Gasteiger partial charge in [0, 0.05) is 12.7 Å². The van der Waals surface area contributed by atoms with Gasteiger partial charge in [0.25, 0.3) is 5.56 Å². The summed E-state index contributed by atoms with van der Waals surface area (Å²) in [4.78, 5) is 20.1. The monoisotopic (exact) mass is 337 g/mol. The predicted molar refractivity (Wildman–Crippen MR) is 80.5 cm³/mol. The highest BCUT2D eigenvalue weighted by atomic mass is 79.9. The van der Waals surface area contributed by atoms with Crippen LogP contribution in [0, 0.1) is 0 Å². The van der Waals surface area contributed by atoms with Crippen molar-refractivity contribution in [1.29, 1.82) is 0 Å². The zero-order valence-electron chi connectivity index (χ0n) is 11.2. The second-order valence-electron chi connectivity index (χ2n) is 4.31. The largest absolute Gasteiger partial charge is 0.377 e. The van der Waals surface area contributed by atoms with E-state index in [1.54, 1.807) is 12.4 Å². The third-order valence-corrected chi connectivity index (χ3v) is 3.58. The van der Waals surface area contributed by atoms with Gasteiger partial charge in [-0.25, -0.2) is 14.6 Å². The Labute approximate surface area is 125 Å². The van der Waals surface area contributed by atoms with Crippen LogP contribution in [0.5, 0.6) is 0 Å². The van der Waals surface area contributed by atoms with Crippen molar-refractivity contribution >= 4 is 21.6 Å². The zero-order chi connectivity index (χ0) is 14.4. The van der Waals surface area contributed by atoms with E-state index < -0.39 is 0 Å². The summed E-state index contributed by atoms with van der Waals surface area (Å²) in [5.74, 6) is 0. The SMILES string of the molecule is CCCCn1ncc(NCc2ccncn2)c(Br)c1=O. The standard InChI is InChI=1S/C13H16BrN5O/c1-2-3-6-19-13(20)12(14)11(8-18-19)16-7-10-4-5-15-9-17-10/h4-5,8-9,16H,2-3,6-7H2,1H3. The number of nitrogens with one attached hydrogen (secondary N) is 1. The van der Waals surface area contributed by atoms with Crippen molar-refractivity contribution in [2.45, 2.75) is 32.9 Å². The van der Waals surface area contributed by atoms with Gasteiger partial charge in [-0.1, -0.05) is 13.3 Å². The number of unbranched alkanes of at least 4 members (excludes halogenated alkanes) is 1. The fraction of sp³-hybridized carbons (Fsp3) is 0.385. The van der Waals surface area contributed by atoms with Crippen LogP contribution in [0.1, 0.15) is 25.5 Å². The molecule has 0 fully saturated rings. The van der Waals surface area contributed by atoms with Crippen molar-refractivity contribution in [3.63, 3.8) is 0 Å².